The van der Waals surface area contributed by atoms with E-state index in [1.807, 2.05) is 16.8 Å². The minimum Gasteiger partial charge on any atom is -0.365 e. The first-order valence-corrected chi connectivity index (χ1v) is 6.26. The third-order valence-electron chi connectivity index (χ3n) is 2.21. The van der Waals surface area contributed by atoms with E-state index in [9.17, 15) is 13.2 Å². The van der Waals surface area contributed by atoms with E-state index in [1.54, 1.807) is 11.3 Å². The maximum atomic E-state index is 12.4. The van der Waals surface area contributed by atoms with Gasteiger partial charge in [-0.1, -0.05) is 11.6 Å². The summed E-state index contributed by atoms with van der Waals surface area (Å²) in [5.41, 5.74) is 0.173. The molecular weight excluding hydrogens is 285 g/mol. The minimum absolute atomic E-state index is 0.0416. The summed E-state index contributed by atoms with van der Waals surface area (Å²) in [5.74, 6) is 0.246. The molecule has 18 heavy (non-hydrogen) atoms. The summed E-state index contributed by atoms with van der Waals surface area (Å²) < 4.78 is 37.2. The van der Waals surface area contributed by atoms with Crippen LogP contribution in [0.5, 0.6) is 0 Å². The van der Waals surface area contributed by atoms with E-state index in [2.05, 4.69) is 10.3 Å². The Morgan fingerprint density at radius 3 is 2.72 bits per heavy atom. The average molecular weight is 293 g/mol. The van der Waals surface area contributed by atoms with Crippen molar-refractivity contribution < 1.29 is 13.2 Å². The number of aromatic nitrogens is 1. The van der Waals surface area contributed by atoms with E-state index >= 15 is 0 Å². The highest BCUT2D eigenvalue weighted by atomic mass is 35.5. The number of nitrogens with zero attached hydrogens (tertiary/aromatic N) is 1. The number of pyridine rings is 1. The van der Waals surface area contributed by atoms with E-state index in [4.69, 9.17) is 11.6 Å². The minimum atomic E-state index is -4.43. The number of hydrogen-bond acceptors (Lipinski definition) is 3. The Morgan fingerprint density at radius 2 is 2.17 bits per heavy atom. The van der Waals surface area contributed by atoms with Crippen LogP contribution in [-0.2, 0) is 12.7 Å². The van der Waals surface area contributed by atoms with Gasteiger partial charge in [0.15, 0.2) is 0 Å². The van der Waals surface area contributed by atoms with Gasteiger partial charge in [0, 0.05) is 12.7 Å². The normalized spacial score (nSPS) is 11.6. The van der Waals surface area contributed by atoms with Crippen LogP contribution in [0.25, 0.3) is 0 Å². The van der Waals surface area contributed by atoms with Crippen molar-refractivity contribution in [3.05, 3.63) is 45.2 Å². The zero-order chi connectivity index (χ0) is 13.2. The summed E-state index contributed by atoms with van der Waals surface area (Å²) in [6.45, 7) is 0.474. The Labute approximate surface area is 110 Å². The van der Waals surface area contributed by atoms with Crippen LogP contribution in [0.15, 0.2) is 29.1 Å². The number of thiophene rings is 1. The fourth-order valence-electron chi connectivity index (χ4n) is 1.30. The van der Waals surface area contributed by atoms with Crippen molar-refractivity contribution in [2.45, 2.75) is 12.7 Å². The molecule has 0 aliphatic carbocycles. The lowest BCUT2D eigenvalue weighted by Gasteiger charge is -2.10. The molecular formula is C11H8ClF3N2S. The molecule has 0 atom stereocenters. The van der Waals surface area contributed by atoms with E-state index in [1.165, 1.54) is 0 Å². The van der Waals surface area contributed by atoms with Gasteiger partial charge in [0.25, 0.3) is 0 Å². The molecule has 0 bridgehead atoms. The van der Waals surface area contributed by atoms with Gasteiger partial charge in [-0.25, -0.2) is 4.98 Å². The fourth-order valence-corrected chi connectivity index (χ4v) is 2.20. The molecule has 0 aliphatic heterocycles. The third kappa shape index (κ3) is 3.14. The molecule has 0 saturated carbocycles. The molecule has 2 heterocycles. The average Bonchev–Trinajstić information content (AvgIpc) is 2.79. The fraction of sp³-hybridized carbons (Fsp3) is 0.182. The smallest absolute Gasteiger partial charge is 0.365 e. The van der Waals surface area contributed by atoms with Crippen molar-refractivity contribution >= 4 is 28.8 Å². The first-order chi connectivity index (χ1) is 8.47. The standard InChI is InChI=1S/C11H8ClF3N2S/c12-9-3-8(11(13,14)15)5-17-10(9)16-4-7-1-2-18-6-7/h1-3,5-6H,4H2,(H,16,17). The summed E-state index contributed by atoms with van der Waals surface area (Å²) in [5, 5.41) is 6.70. The van der Waals surface area contributed by atoms with Gasteiger partial charge in [0.2, 0.25) is 0 Å². The molecule has 96 valence electrons. The van der Waals surface area contributed by atoms with Gasteiger partial charge < -0.3 is 5.32 Å². The summed E-state index contributed by atoms with van der Waals surface area (Å²) >= 11 is 7.30. The highest BCUT2D eigenvalue weighted by molar-refractivity contribution is 7.07. The van der Waals surface area contributed by atoms with E-state index in [-0.39, 0.29) is 10.8 Å². The maximum Gasteiger partial charge on any atom is 0.417 e. The van der Waals surface area contributed by atoms with Crippen LogP contribution in [0.3, 0.4) is 0 Å². The van der Waals surface area contributed by atoms with E-state index in [0.717, 1.165) is 17.8 Å². The first-order valence-electron chi connectivity index (χ1n) is 4.94. The summed E-state index contributed by atoms with van der Waals surface area (Å²) in [6, 6.07) is 2.78. The summed E-state index contributed by atoms with van der Waals surface area (Å²) in [7, 11) is 0. The van der Waals surface area contributed by atoms with Crippen LogP contribution >= 0.6 is 22.9 Å². The lowest BCUT2D eigenvalue weighted by Crippen LogP contribution is -2.07. The van der Waals surface area contributed by atoms with Gasteiger partial charge in [-0.2, -0.15) is 24.5 Å². The molecule has 2 aromatic rings. The Kier molecular flexibility index (Phi) is 3.77. The monoisotopic (exact) mass is 292 g/mol. The topological polar surface area (TPSA) is 24.9 Å². The predicted octanol–water partition coefficient (Wildman–Crippen LogP) is 4.43. The molecule has 0 spiro atoms. The SMILES string of the molecule is FC(F)(F)c1cnc(NCc2ccsc2)c(Cl)c1. The number of nitrogens with one attached hydrogen (secondary N) is 1. The molecule has 2 nitrogen and oxygen atoms in total. The third-order valence-corrected chi connectivity index (χ3v) is 3.23. The molecule has 7 heteroatoms. The highest BCUT2D eigenvalue weighted by Gasteiger charge is 2.31. The predicted molar refractivity (Wildman–Crippen MR) is 65.9 cm³/mol. The second-order valence-electron chi connectivity index (χ2n) is 3.54. The number of alkyl halides is 3. The lowest BCUT2D eigenvalue weighted by molar-refractivity contribution is -0.137. The number of halogens is 4. The summed E-state index contributed by atoms with van der Waals surface area (Å²) in [4.78, 5) is 3.68. The van der Waals surface area contributed by atoms with Crippen LogP contribution in [0.2, 0.25) is 5.02 Å². The van der Waals surface area contributed by atoms with E-state index in [0.29, 0.717) is 6.54 Å². The van der Waals surface area contributed by atoms with Crippen molar-refractivity contribution in [3.63, 3.8) is 0 Å². The molecule has 0 aliphatic rings. The Morgan fingerprint density at radius 1 is 1.39 bits per heavy atom. The Hall–Kier alpha value is -1.27. The van der Waals surface area contributed by atoms with Gasteiger partial charge in [-0.15, -0.1) is 0 Å². The highest BCUT2D eigenvalue weighted by Crippen LogP contribution is 2.32. The first kappa shape index (κ1) is 13.2. The molecule has 0 amide bonds. The zero-order valence-electron chi connectivity index (χ0n) is 8.96. The molecule has 0 radical (unpaired) electrons. The van der Waals surface area contributed by atoms with Gasteiger partial charge in [0.05, 0.1) is 10.6 Å². The van der Waals surface area contributed by atoms with Crippen molar-refractivity contribution in [3.8, 4) is 0 Å². The number of rotatable bonds is 3. The molecule has 0 unspecified atom stereocenters. The van der Waals surface area contributed by atoms with Gasteiger partial charge >= 0.3 is 6.18 Å². The second kappa shape index (κ2) is 5.16. The number of anilines is 1. The van der Waals surface area contributed by atoms with Crippen LogP contribution in [-0.4, -0.2) is 4.98 Å². The number of hydrogen-bond donors (Lipinski definition) is 1. The van der Waals surface area contributed by atoms with Gasteiger partial charge in [-0.05, 0) is 28.5 Å². The van der Waals surface area contributed by atoms with Crippen LogP contribution in [0.4, 0.5) is 19.0 Å². The van der Waals surface area contributed by atoms with E-state index < -0.39 is 11.7 Å². The summed E-state index contributed by atoms with van der Waals surface area (Å²) in [6.07, 6.45) is -3.66. The zero-order valence-corrected chi connectivity index (χ0v) is 10.5. The van der Waals surface area contributed by atoms with Gasteiger partial charge in [-0.3, -0.25) is 0 Å². The largest absolute Gasteiger partial charge is 0.417 e. The van der Waals surface area contributed by atoms with Crippen molar-refractivity contribution in [2.24, 2.45) is 0 Å². The maximum absolute atomic E-state index is 12.4. The van der Waals surface area contributed by atoms with Crippen molar-refractivity contribution in [1.29, 1.82) is 0 Å². The Bertz CT molecular complexity index is 526. The van der Waals surface area contributed by atoms with Crippen LogP contribution < -0.4 is 5.32 Å². The molecule has 0 fully saturated rings. The van der Waals surface area contributed by atoms with Crippen LogP contribution in [0, 0.1) is 0 Å². The molecule has 1 N–H and O–H groups in total. The van der Waals surface area contributed by atoms with Gasteiger partial charge in [0.1, 0.15) is 5.82 Å². The quantitative estimate of drug-likeness (QED) is 0.905. The second-order valence-corrected chi connectivity index (χ2v) is 4.72. The molecule has 0 saturated heterocycles. The molecule has 0 aromatic carbocycles. The lowest BCUT2D eigenvalue weighted by atomic mass is 10.2. The molecule has 2 rings (SSSR count). The van der Waals surface area contributed by atoms with Crippen molar-refractivity contribution in [1.82, 2.24) is 4.98 Å². The molecule has 2 aromatic heterocycles. The van der Waals surface area contributed by atoms with Crippen molar-refractivity contribution in [2.75, 3.05) is 5.32 Å². The Balaban J connectivity index is 2.10. The van der Waals surface area contributed by atoms with Crippen LogP contribution in [0.1, 0.15) is 11.1 Å².